The Morgan fingerprint density at radius 2 is 1.61 bits per heavy atom. The van der Waals surface area contributed by atoms with Crippen LogP contribution in [0.15, 0.2) is 23.3 Å². The maximum atomic E-state index is 13.2. The standard InChI is InChI=1S/C27H47O8P/c1-9-31-25(29)23(36(30,32-10-2)33-11-3)17-15-21(4)13-12-14-22(5)16-18-24-27(8,19-20-28)35-26(6,7)34-24/h14-15,20,23-24H,9-13,16-19H2,1-8H3/b21-15+,22-14+/t23?,24-,27+/m0/s1. The smallest absolute Gasteiger partial charge is 0.345 e. The van der Waals surface area contributed by atoms with Crippen LogP contribution in [0.3, 0.4) is 0 Å². The van der Waals surface area contributed by atoms with Gasteiger partial charge in [0.2, 0.25) is 0 Å². The van der Waals surface area contributed by atoms with Crippen molar-refractivity contribution in [2.75, 3.05) is 19.8 Å². The van der Waals surface area contributed by atoms with Crippen molar-refractivity contribution in [3.05, 3.63) is 23.3 Å². The van der Waals surface area contributed by atoms with Crippen LogP contribution in [0.1, 0.15) is 93.9 Å². The van der Waals surface area contributed by atoms with Crippen LogP contribution in [0.25, 0.3) is 0 Å². The van der Waals surface area contributed by atoms with Gasteiger partial charge >= 0.3 is 13.6 Å². The van der Waals surface area contributed by atoms with Crippen molar-refractivity contribution in [1.29, 1.82) is 0 Å². The highest BCUT2D eigenvalue weighted by Crippen LogP contribution is 2.55. The number of esters is 1. The number of rotatable bonds is 17. The van der Waals surface area contributed by atoms with E-state index in [1.54, 1.807) is 20.8 Å². The minimum absolute atomic E-state index is 0.145. The van der Waals surface area contributed by atoms with E-state index in [1.165, 1.54) is 5.57 Å². The molecule has 0 spiro atoms. The van der Waals surface area contributed by atoms with Crippen molar-refractivity contribution in [2.45, 2.75) is 117 Å². The summed E-state index contributed by atoms with van der Waals surface area (Å²) >= 11 is 0. The van der Waals surface area contributed by atoms with Gasteiger partial charge in [-0.25, -0.2) is 0 Å². The Hall–Kier alpha value is -1.31. The van der Waals surface area contributed by atoms with E-state index in [2.05, 4.69) is 13.0 Å². The largest absolute Gasteiger partial charge is 0.465 e. The van der Waals surface area contributed by atoms with Crippen LogP contribution in [0, 0.1) is 0 Å². The van der Waals surface area contributed by atoms with Gasteiger partial charge in [-0.15, -0.1) is 0 Å². The van der Waals surface area contributed by atoms with Crippen LogP contribution >= 0.6 is 7.60 Å². The molecule has 1 aliphatic heterocycles. The summed E-state index contributed by atoms with van der Waals surface area (Å²) in [5.74, 6) is -1.26. The Morgan fingerprint density at radius 1 is 1.00 bits per heavy atom. The zero-order valence-corrected chi connectivity index (χ0v) is 24.4. The second-order valence-electron chi connectivity index (χ2n) is 9.85. The molecule has 0 aliphatic carbocycles. The van der Waals surface area contributed by atoms with E-state index >= 15 is 0 Å². The molecule has 1 fully saturated rings. The van der Waals surface area contributed by atoms with E-state index in [-0.39, 0.29) is 32.3 Å². The van der Waals surface area contributed by atoms with Crippen LogP contribution in [0.5, 0.6) is 0 Å². The highest BCUT2D eigenvalue weighted by atomic mass is 31.2. The lowest BCUT2D eigenvalue weighted by Crippen LogP contribution is -2.37. The third-order valence-electron chi connectivity index (χ3n) is 6.16. The maximum absolute atomic E-state index is 13.2. The number of carbonyl (C=O) groups excluding carboxylic acids is 2. The summed E-state index contributed by atoms with van der Waals surface area (Å²) in [6.45, 7) is 15.5. The quantitative estimate of drug-likeness (QED) is 0.0907. The van der Waals surface area contributed by atoms with Gasteiger partial charge in [-0.05, 0) is 87.5 Å². The van der Waals surface area contributed by atoms with Gasteiger partial charge in [0.25, 0.3) is 0 Å². The fraction of sp³-hybridized carbons (Fsp3) is 0.778. The molecule has 0 bridgehead atoms. The van der Waals surface area contributed by atoms with E-state index in [9.17, 15) is 14.2 Å². The van der Waals surface area contributed by atoms with Gasteiger partial charge in [0.15, 0.2) is 11.4 Å². The summed E-state index contributed by atoms with van der Waals surface area (Å²) in [5.41, 5.74) is 0.734. The van der Waals surface area contributed by atoms with Crippen LogP contribution in [-0.2, 0) is 37.4 Å². The number of hydrogen-bond acceptors (Lipinski definition) is 8. The van der Waals surface area contributed by atoms with E-state index in [4.69, 9.17) is 23.3 Å². The second kappa shape index (κ2) is 15.2. The summed E-state index contributed by atoms with van der Waals surface area (Å²) in [6.07, 6.45) is 8.67. The zero-order chi connectivity index (χ0) is 27.4. The Labute approximate surface area is 217 Å². The highest BCUT2D eigenvalue weighted by molar-refractivity contribution is 7.55. The predicted molar refractivity (Wildman–Crippen MR) is 141 cm³/mol. The molecule has 8 nitrogen and oxygen atoms in total. The molecular formula is C27H47O8P. The first-order chi connectivity index (χ1) is 16.9. The van der Waals surface area contributed by atoms with Crippen LogP contribution in [0.2, 0.25) is 0 Å². The van der Waals surface area contributed by atoms with Crippen molar-refractivity contribution >= 4 is 19.9 Å². The molecule has 3 atom stereocenters. The molecule has 0 saturated carbocycles. The monoisotopic (exact) mass is 530 g/mol. The molecule has 36 heavy (non-hydrogen) atoms. The molecule has 0 radical (unpaired) electrons. The SMILES string of the molecule is CCOC(=O)C(C/C=C(\C)CC/C=C(\C)CC[C@@H]1OC(C)(C)O[C@]1(C)CC=O)P(=O)(OCC)OCC. The van der Waals surface area contributed by atoms with Crippen molar-refractivity contribution in [3.8, 4) is 0 Å². The number of carbonyl (C=O) groups is 2. The van der Waals surface area contributed by atoms with Gasteiger partial charge in [-0.1, -0.05) is 23.3 Å². The van der Waals surface area contributed by atoms with Crippen LogP contribution in [-0.4, -0.2) is 55.2 Å². The summed E-state index contributed by atoms with van der Waals surface area (Å²) in [6, 6.07) is 0. The Bertz CT molecular complexity index is 809. The number of allylic oxidation sites excluding steroid dienone is 4. The van der Waals surface area contributed by atoms with Crippen molar-refractivity contribution < 1.29 is 37.4 Å². The highest BCUT2D eigenvalue weighted by Gasteiger charge is 2.49. The molecule has 9 heteroatoms. The van der Waals surface area contributed by atoms with Crippen molar-refractivity contribution in [2.24, 2.45) is 0 Å². The topological polar surface area (TPSA) is 97.4 Å². The summed E-state index contributed by atoms with van der Waals surface area (Å²) in [7, 11) is -3.63. The molecule has 0 N–H and O–H groups in total. The van der Waals surface area contributed by atoms with E-state index in [1.807, 2.05) is 33.8 Å². The maximum Gasteiger partial charge on any atom is 0.345 e. The van der Waals surface area contributed by atoms with Crippen molar-refractivity contribution in [3.63, 3.8) is 0 Å². The normalized spacial score (nSPS) is 23.5. The Morgan fingerprint density at radius 3 is 2.17 bits per heavy atom. The van der Waals surface area contributed by atoms with Crippen LogP contribution < -0.4 is 0 Å². The van der Waals surface area contributed by atoms with E-state index in [0.717, 1.165) is 37.5 Å². The number of aldehydes is 1. The first-order valence-electron chi connectivity index (χ1n) is 13.0. The van der Waals surface area contributed by atoms with Crippen LogP contribution in [0.4, 0.5) is 0 Å². The van der Waals surface area contributed by atoms with Gasteiger partial charge in [-0.3, -0.25) is 9.36 Å². The molecule has 1 unspecified atom stereocenters. The molecule has 1 saturated heterocycles. The molecule has 0 aromatic heterocycles. The molecule has 1 aliphatic rings. The van der Waals surface area contributed by atoms with Gasteiger partial charge in [0.1, 0.15) is 11.9 Å². The Kier molecular flexibility index (Phi) is 13.8. The molecule has 208 valence electrons. The third-order valence-corrected chi connectivity index (χ3v) is 8.58. The lowest BCUT2D eigenvalue weighted by molar-refractivity contribution is -0.161. The summed E-state index contributed by atoms with van der Waals surface area (Å²) < 4.78 is 41.3. The number of ether oxygens (including phenoxy) is 3. The van der Waals surface area contributed by atoms with E-state index < -0.39 is 30.6 Å². The fourth-order valence-electron chi connectivity index (χ4n) is 4.41. The minimum atomic E-state index is -3.63. The molecule has 0 aromatic rings. The number of hydrogen-bond donors (Lipinski definition) is 0. The minimum Gasteiger partial charge on any atom is -0.465 e. The lowest BCUT2D eigenvalue weighted by Gasteiger charge is -2.27. The van der Waals surface area contributed by atoms with Gasteiger partial charge in [0, 0.05) is 6.42 Å². The first-order valence-corrected chi connectivity index (χ1v) is 14.7. The molecule has 1 heterocycles. The lowest BCUT2D eigenvalue weighted by atomic mass is 9.91. The van der Waals surface area contributed by atoms with E-state index in [0.29, 0.717) is 6.42 Å². The first kappa shape index (κ1) is 32.7. The second-order valence-corrected chi connectivity index (χ2v) is 12.1. The van der Waals surface area contributed by atoms with Crippen molar-refractivity contribution in [1.82, 2.24) is 0 Å². The molecule has 1 rings (SSSR count). The van der Waals surface area contributed by atoms with Gasteiger partial charge in [-0.2, -0.15) is 0 Å². The average molecular weight is 531 g/mol. The fourth-order valence-corrected chi connectivity index (χ4v) is 6.26. The predicted octanol–water partition coefficient (Wildman–Crippen LogP) is 6.53. The summed E-state index contributed by atoms with van der Waals surface area (Å²) in [5, 5.41) is 0. The van der Waals surface area contributed by atoms with Gasteiger partial charge in [0.05, 0.1) is 25.9 Å². The van der Waals surface area contributed by atoms with Gasteiger partial charge < -0.3 is 28.1 Å². The average Bonchev–Trinajstić information content (AvgIpc) is 3.00. The molecule has 0 aromatic carbocycles. The third kappa shape index (κ3) is 10.2. The Balaban J connectivity index is 2.72. The summed E-state index contributed by atoms with van der Waals surface area (Å²) in [4.78, 5) is 23.7. The molecular weight excluding hydrogens is 483 g/mol. The molecule has 0 amide bonds. The zero-order valence-electron chi connectivity index (χ0n) is 23.5.